The van der Waals surface area contributed by atoms with Crippen LogP contribution in [0.1, 0.15) is 27.9 Å². The van der Waals surface area contributed by atoms with Gasteiger partial charge in [-0.05, 0) is 31.2 Å². The normalized spacial score (nSPS) is 13.6. The third-order valence-corrected chi connectivity index (χ3v) is 5.88. The number of halogens is 1. The number of amides is 3. The Morgan fingerprint density at radius 1 is 1.29 bits per heavy atom. The molecule has 1 fully saturated rings. The average molecular weight is 478 g/mol. The number of aromatic nitrogens is 4. The van der Waals surface area contributed by atoms with E-state index in [0.717, 1.165) is 0 Å². The van der Waals surface area contributed by atoms with Gasteiger partial charge < -0.3 is 25.8 Å². The molecule has 0 bridgehead atoms. The van der Waals surface area contributed by atoms with Crippen LogP contribution in [-0.2, 0) is 0 Å². The predicted molar refractivity (Wildman–Crippen MR) is 124 cm³/mol. The van der Waals surface area contributed by atoms with E-state index in [9.17, 15) is 14.0 Å². The maximum Gasteiger partial charge on any atom is 0.317 e. The number of imidazole rings is 1. The lowest BCUT2D eigenvalue weighted by molar-refractivity contribution is 0.102. The fourth-order valence-corrected chi connectivity index (χ4v) is 3.83. The minimum absolute atomic E-state index is 0.107. The van der Waals surface area contributed by atoms with Crippen molar-refractivity contribution in [3.63, 3.8) is 0 Å². The number of anilines is 1. The second-order valence-electron chi connectivity index (χ2n) is 8.24. The molecule has 5 rings (SSSR count). The summed E-state index contributed by atoms with van der Waals surface area (Å²) >= 11 is 0. The van der Waals surface area contributed by atoms with Crippen LogP contribution in [0.25, 0.3) is 17.0 Å². The number of carbonyl (C=O) groups is 2. The number of rotatable bonds is 6. The summed E-state index contributed by atoms with van der Waals surface area (Å²) in [6.45, 7) is 3.20. The number of urea groups is 1. The number of nitrogens with zero attached hydrogens (tertiary/aromatic N) is 5. The minimum Gasteiger partial charge on any atom is -0.339 e. The molecule has 4 aromatic rings. The number of benzene rings is 1. The molecular formula is C23H23FN8O3. The molecule has 1 aliphatic rings. The van der Waals surface area contributed by atoms with Gasteiger partial charge in [-0.15, -0.1) is 0 Å². The molecule has 0 spiro atoms. The quantitative estimate of drug-likeness (QED) is 0.385. The number of hydrogen-bond donors (Lipinski definition) is 3. The predicted octanol–water partition coefficient (Wildman–Crippen LogP) is 2.15. The van der Waals surface area contributed by atoms with Gasteiger partial charge in [0, 0.05) is 49.2 Å². The number of hydrogen-bond acceptors (Lipinski definition) is 7. The van der Waals surface area contributed by atoms with Gasteiger partial charge in [-0.25, -0.2) is 14.2 Å². The molecule has 0 aliphatic carbocycles. The number of pyridine rings is 1. The van der Waals surface area contributed by atoms with Crippen molar-refractivity contribution in [3.8, 4) is 11.4 Å². The summed E-state index contributed by atoms with van der Waals surface area (Å²) in [5.74, 6) is -0.506. The Hall–Kier alpha value is -4.32. The molecule has 1 aliphatic heterocycles. The van der Waals surface area contributed by atoms with Gasteiger partial charge in [-0.3, -0.25) is 9.20 Å². The smallest absolute Gasteiger partial charge is 0.317 e. The molecule has 180 valence electrons. The second kappa shape index (κ2) is 9.14. The van der Waals surface area contributed by atoms with Crippen LogP contribution in [0.15, 0.2) is 47.2 Å². The minimum atomic E-state index is -0.520. The van der Waals surface area contributed by atoms with Crippen LogP contribution in [0.5, 0.6) is 0 Å². The maximum atomic E-state index is 14.7. The van der Waals surface area contributed by atoms with Gasteiger partial charge in [0.05, 0.1) is 12.1 Å². The summed E-state index contributed by atoms with van der Waals surface area (Å²) in [6, 6.07) is 8.09. The van der Waals surface area contributed by atoms with Crippen LogP contribution in [0.3, 0.4) is 0 Å². The van der Waals surface area contributed by atoms with E-state index in [1.807, 2.05) is 6.07 Å². The van der Waals surface area contributed by atoms with E-state index in [1.54, 1.807) is 40.6 Å². The molecular weight excluding hydrogens is 455 g/mol. The Morgan fingerprint density at radius 2 is 2.11 bits per heavy atom. The Balaban J connectivity index is 1.32. The van der Waals surface area contributed by atoms with E-state index in [-0.39, 0.29) is 29.0 Å². The molecule has 0 atom stereocenters. The highest BCUT2D eigenvalue weighted by Crippen LogP contribution is 2.30. The van der Waals surface area contributed by atoms with Crippen LogP contribution in [0.4, 0.5) is 14.9 Å². The summed E-state index contributed by atoms with van der Waals surface area (Å²) in [4.78, 5) is 35.1. The molecule has 1 aromatic carbocycles. The standard InChI is InChI=1S/C23H23FN8O3/c1-13-16(24)8-14(9-17(13)28-21(33)18-10-27-19-4-2-3-7-32(18)19)20-29-22(35-30-20)15-11-31(12-15)23(34)26-6-5-25/h2-4,7-10,15H,5-6,11-12,25H2,1H3,(H,26,34)(H,28,33). The highest BCUT2D eigenvalue weighted by atomic mass is 19.1. The molecule has 12 heteroatoms. The van der Waals surface area contributed by atoms with Crippen LogP contribution in [0.2, 0.25) is 0 Å². The van der Waals surface area contributed by atoms with Crippen LogP contribution < -0.4 is 16.4 Å². The molecule has 4 heterocycles. The van der Waals surface area contributed by atoms with Crippen LogP contribution in [-0.4, -0.2) is 62.5 Å². The van der Waals surface area contributed by atoms with E-state index in [4.69, 9.17) is 10.3 Å². The molecule has 0 unspecified atom stereocenters. The van der Waals surface area contributed by atoms with Gasteiger partial charge in [0.25, 0.3) is 5.91 Å². The Labute approximate surface area is 199 Å². The van der Waals surface area contributed by atoms with E-state index in [1.165, 1.54) is 12.3 Å². The molecule has 3 aromatic heterocycles. The lowest BCUT2D eigenvalue weighted by Gasteiger charge is -2.36. The van der Waals surface area contributed by atoms with Crippen molar-refractivity contribution < 1.29 is 18.5 Å². The highest BCUT2D eigenvalue weighted by molar-refractivity contribution is 6.04. The Bertz CT molecular complexity index is 1410. The fourth-order valence-electron chi connectivity index (χ4n) is 3.83. The molecule has 11 nitrogen and oxygen atoms in total. The van der Waals surface area contributed by atoms with Crippen molar-refractivity contribution in [2.24, 2.45) is 5.73 Å². The molecule has 0 saturated carbocycles. The van der Waals surface area contributed by atoms with Gasteiger partial charge in [-0.1, -0.05) is 11.2 Å². The van der Waals surface area contributed by atoms with E-state index in [2.05, 4.69) is 25.8 Å². The van der Waals surface area contributed by atoms with Crippen LogP contribution in [0, 0.1) is 12.7 Å². The average Bonchev–Trinajstić information content (AvgIpc) is 3.47. The number of likely N-dealkylation sites (tertiary alicyclic amines) is 1. The zero-order valence-corrected chi connectivity index (χ0v) is 18.9. The summed E-state index contributed by atoms with van der Waals surface area (Å²) < 4.78 is 21.8. The van der Waals surface area contributed by atoms with Gasteiger partial charge in [0.2, 0.25) is 11.7 Å². The number of nitrogens with two attached hydrogens (primary N) is 1. The van der Waals surface area contributed by atoms with E-state index >= 15 is 0 Å². The van der Waals surface area contributed by atoms with Crippen LogP contribution >= 0.6 is 0 Å². The van der Waals surface area contributed by atoms with Gasteiger partial charge in [0.15, 0.2) is 0 Å². The Morgan fingerprint density at radius 3 is 2.91 bits per heavy atom. The first-order valence-electron chi connectivity index (χ1n) is 11.0. The number of carbonyl (C=O) groups excluding carboxylic acids is 2. The maximum absolute atomic E-state index is 14.7. The zero-order chi connectivity index (χ0) is 24.5. The highest BCUT2D eigenvalue weighted by Gasteiger charge is 2.35. The van der Waals surface area contributed by atoms with E-state index in [0.29, 0.717) is 49.0 Å². The second-order valence-corrected chi connectivity index (χ2v) is 8.24. The van der Waals surface area contributed by atoms with Gasteiger partial charge >= 0.3 is 6.03 Å². The Kier molecular flexibility index (Phi) is 5.87. The topological polar surface area (TPSA) is 144 Å². The third-order valence-electron chi connectivity index (χ3n) is 5.88. The van der Waals surface area contributed by atoms with Crippen molar-refractivity contribution in [1.82, 2.24) is 29.7 Å². The molecule has 4 N–H and O–H groups in total. The monoisotopic (exact) mass is 478 g/mol. The van der Waals surface area contributed by atoms with Crippen molar-refractivity contribution in [2.45, 2.75) is 12.8 Å². The van der Waals surface area contributed by atoms with Gasteiger partial charge in [0.1, 0.15) is 17.2 Å². The lowest BCUT2D eigenvalue weighted by atomic mass is 10.0. The first kappa shape index (κ1) is 22.5. The number of nitrogens with one attached hydrogen (secondary N) is 2. The first-order valence-corrected chi connectivity index (χ1v) is 11.0. The van der Waals surface area contributed by atoms with Crippen molar-refractivity contribution in [3.05, 3.63) is 65.7 Å². The van der Waals surface area contributed by atoms with Gasteiger partial charge in [-0.2, -0.15) is 4.98 Å². The van der Waals surface area contributed by atoms with Crippen molar-refractivity contribution in [2.75, 3.05) is 31.5 Å². The SMILES string of the molecule is Cc1c(F)cc(-c2noc(C3CN(C(=O)NCCN)C3)n2)cc1NC(=O)c1cnc2ccccn12. The third kappa shape index (κ3) is 4.30. The summed E-state index contributed by atoms with van der Waals surface area (Å²) in [5, 5.41) is 9.44. The number of fused-ring (bicyclic) bond motifs is 1. The summed E-state index contributed by atoms with van der Waals surface area (Å²) in [6.07, 6.45) is 3.19. The van der Waals surface area contributed by atoms with Crippen molar-refractivity contribution >= 4 is 23.3 Å². The molecule has 1 saturated heterocycles. The zero-order valence-electron chi connectivity index (χ0n) is 18.9. The molecule has 0 radical (unpaired) electrons. The lowest BCUT2D eigenvalue weighted by Crippen LogP contribution is -2.53. The van der Waals surface area contributed by atoms with Crippen molar-refractivity contribution in [1.29, 1.82) is 0 Å². The molecule has 35 heavy (non-hydrogen) atoms. The largest absolute Gasteiger partial charge is 0.339 e. The first-order chi connectivity index (χ1) is 16.9. The summed E-state index contributed by atoms with van der Waals surface area (Å²) in [7, 11) is 0. The summed E-state index contributed by atoms with van der Waals surface area (Å²) in [5.41, 5.74) is 7.26. The van der Waals surface area contributed by atoms with E-state index < -0.39 is 11.7 Å². The fraction of sp³-hybridized carbons (Fsp3) is 0.261. The molecule has 3 amide bonds.